The van der Waals surface area contributed by atoms with Gasteiger partial charge in [0.2, 0.25) is 0 Å². The highest BCUT2D eigenvalue weighted by atomic mass is 35.5. The molecule has 4 nitrogen and oxygen atoms in total. The van der Waals surface area contributed by atoms with E-state index in [-0.39, 0.29) is 0 Å². The molecule has 164 valence electrons. The summed E-state index contributed by atoms with van der Waals surface area (Å²) in [6.45, 7) is 4.05. The topological polar surface area (TPSA) is 57.4 Å². The number of para-hydroxylation sites is 1. The minimum atomic E-state index is -0.393. The smallest absolute Gasteiger partial charge is 0.161 e. The summed E-state index contributed by atoms with van der Waals surface area (Å²) in [6, 6.07) is 22.1. The third-order valence-electron chi connectivity index (χ3n) is 5.40. The minimum absolute atomic E-state index is 0.393. The van der Waals surface area contributed by atoms with Crippen molar-refractivity contribution in [1.29, 1.82) is 0 Å². The Morgan fingerprint density at radius 3 is 2.19 bits per heavy atom. The average molecular weight is 447 g/mol. The number of hydrogen-bond acceptors (Lipinski definition) is 4. The number of halogens is 1. The molecule has 2 N–H and O–H groups in total. The van der Waals surface area contributed by atoms with Crippen LogP contribution in [-0.4, -0.2) is 24.7 Å². The van der Waals surface area contributed by atoms with E-state index in [1.165, 1.54) is 0 Å². The molecule has 0 unspecified atom stereocenters. The average Bonchev–Trinajstić information content (AvgIpc) is 2.77. The van der Waals surface area contributed by atoms with Crippen molar-refractivity contribution in [1.82, 2.24) is 4.98 Å². The molecule has 0 spiro atoms. The highest BCUT2D eigenvalue weighted by molar-refractivity contribution is 6.30. The van der Waals surface area contributed by atoms with Crippen molar-refractivity contribution in [3.8, 4) is 33.9 Å². The number of hydrogen-bond donors (Lipinski definition) is 1. The van der Waals surface area contributed by atoms with Gasteiger partial charge in [-0.1, -0.05) is 41.9 Å². The number of nitrogens with zero attached hydrogens (tertiary/aromatic N) is 1. The third kappa shape index (κ3) is 4.57. The normalized spacial score (nSPS) is 11.6. The van der Waals surface area contributed by atoms with Crippen LogP contribution in [0.5, 0.6) is 11.5 Å². The minimum Gasteiger partial charge on any atom is -0.493 e. The van der Waals surface area contributed by atoms with Gasteiger partial charge in [0, 0.05) is 21.5 Å². The van der Waals surface area contributed by atoms with Crippen LogP contribution in [0.25, 0.3) is 33.3 Å². The lowest BCUT2D eigenvalue weighted by molar-refractivity contribution is 0.354. The van der Waals surface area contributed by atoms with Gasteiger partial charge in [-0.15, -0.1) is 0 Å². The molecule has 0 saturated heterocycles. The Hall–Kier alpha value is -3.08. The summed E-state index contributed by atoms with van der Waals surface area (Å²) in [5.41, 5.74) is 12.0. The summed E-state index contributed by atoms with van der Waals surface area (Å²) in [5, 5.41) is 1.76. The molecule has 0 saturated carbocycles. The molecular formula is C27H27ClN2O2. The highest BCUT2D eigenvalue weighted by Gasteiger charge is 2.21. The Bertz CT molecular complexity index is 1260. The van der Waals surface area contributed by atoms with E-state index in [9.17, 15) is 0 Å². The van der Waals surface area contributed by atoms with Crippen molar-refractivity contribution in [3.05, 3.63) is 77.3 Å². The molecule has 0 aliphatic heterocycles. The van der Waals surface area contributed by atoms with Crippen LogP contribution in [0.3, 0.4) is 0 Å². The van der Waals surface area contributed by atoms with Crippen molar-refractivity contribution in [3.63, 3.8) is 0 Å². The van der Waals surface area contributed by atoms with Gasteiger partial charge in [0.15, 0.2) is 11.5 Å². The molecular weight excluding hydrogens is 420 g/mol. The second-order valence-electron chi connectivity index (χ2n) is 8.61. The van der Waals surface area contributed by atoms with Gasteiger partial charge in [-0.05, 0) is 73.4 Å². The molecule has 0 aliphatic rings. The first-order valence-electron chi connectivity index (χ1n) is 10.5. The lowest BCUT2D eigenvalue weighted by Crippen LogP contribution is -2.34. The van der Waals surface area contributed by atoms with Gasteiger partial charge in [-0.25, -0.2) is 4.98 Å². The van der Waals surface area contributed by atoms with Crippen molar-refractivity contribution in [2.24, 2.45) is 5.73 Å². The van der Waals surface area contributed by atoms with Crippen LogP contribution in [-0.2, 0) is 6.42 Å². The first kappa shape index (κ1) is 22.1. The lowest BCUT2D eigenvalue weighted by Gasteiger charge is -2.23. The standard InChI is InChI=1S/C27H27ClN2O2/c1-27(2,29)16-18-13-25(31-3)26(32-4)15-21(18)22-14-24(17-9-11-19(28)12-10-17)30-23-8-6-5-7-20(22)23/h5-15H,16,29H2,1-4H3. The van der Waals surface area contributed by atoms with Crippen molar-refractivity contribution >= 4 is 22.5 Å². The van der Waals surface area contributed by atoms with Crippen LogP contribution in [0.1, 0.15) is 19.4 Å². The Balaban J connectivity index is 2.02. The number of ether oxygens (including phenoxy) is 2. The summed E-state index contributed by atoms with van der Waals surface area (Å²) in [5.74, 6) is 1.36. The van der Waals surface area contributed by atoms with Crippen LogP contribution in [0.4, 0.5) is 0 Å². The Morgan fingerprint density at radius 2 is 1.53 bits per heavy atom. The molecule has 32 heavy (non-hydrogen) atoms. The quantitative estimate of drug-likeness (QED) is 0.366. The molecule has 0 amide bonds. The maximum absolute atomic E-state index is 6.43. The molecule has 0 radical (unpaired) electrons. The molecule has 0 fully saturated rings. The number of pyridine rings is 1. The predicted octanol–water partition coefficient (Wildman–Crippen LogP) is 6.52. The predicted molar refractivity (Wildman–Crippen MR) is 133 cm³/mol. The molecule has 0 atom stereocenters. The van der Waals surface area contributed by atoms with Crippen molar-refractivity contribution in [2.45, 2.75) is 25.8 Å². The van der Waals surface area contributed by atoms with E-state index in [1.54, 1.807) is 14.2 Å². The van der Waals surface area contributed by atoms with Gasteiger partial charge in [-0.3, -0.25) is 0 Å². The maximum atomic E-state index is 6.43. The van der Waals surface area contributed by atoms with Gasteiger partial charge in [0.1, 0.15) is 0 Å². The fourth-order valence-corrected chi connectivity index (χ4v) is 4.10. The number of fused-ring (bicyclic) bond motifs is 1. The Labute approximate surface area is 194 Å². The van der Waals surface area contributed by atoms with Gasteiger partial charge < -0.3 is 15.2 Å². The van der Waals surface area contributed by atoms with Gasteiger partial charge in [0.05, 0.1) is 25.4 Å². The van der Waals surface area contributed by atoms with Crippen LogP contribution in [0.15, 0.2) is 66.7 Å². The van der Waals surface area contributed by atoms with Crippen molar-refractivity contribution < 1.29 is 9.47 Å². The summed E-state index contributed by atoms with van der Waals surface area (Å²) >= 11 is 6.11. The molecule has 4 rings (SSSR count). The van der Waals surface area contributed by atoms with E-state index >= 15 is 0 Å². The SMILES string of the molecule is COc1cc(CC(C)(C)N)c(-c2cc(-c3ccc(Cl)cc3)nc3ccccc23)cc1OC. The molecule has 1 aromatic heterocycles. The molecule has 0 aliphatic carbocycles. The Kier molecular flexibility index (Phi) is 6.09. The Morgan fingerprint density at radius 1 is 0.875 bits per heavy atom. The van der Waals surface area contributed by atoms with E-state index < -0.39 is 5.54 Å². The number of methoxy groups -OCH3 is 2. The zero-order valence-electron chi connectivity index (χ0n) is 18.8. The largest absolute Gasteiger partial charge is 0.493 e. The molecule has 3 aromatic carbocycles. The fraction of sp³-hybridized carbons (Fsp3) is 0.222. The molecule has 1 heterocycles. The van der Waals surface area contributed by atoms with E-state index in [0.29, 0.717) is 22.9 Å². The monoisotopic (exact) mass is 446 g/mol. The zero-order chi connectivity index (χ0) is 22.9. The van der Waals surface area contributed by atoms with E-state index in [0.717, 1.165) is 38.9 Å². The second kappa shape index (κ2) is 8.81. The maximum Gasteiger partial charge on any atom is 0.161 e. The molecule has 5 heteroatoms. The summed E-state index contributed by atoms with van der Waals surface area (Å²) in [6.07, 6.45) is 0.676. The highest BCUT2D eigenvalue weighted by Crippen LogP contribution is 2.40. The summed E-state index contributed by atoms with van der Waals surface area (Å²) in [7, 11) is 3.30. The molecule has 0 bridgehead atoms. The molecule has 4 aromatic rings. The first-order chi connectivity index (χ1) is 15.3. The van der Waals surface area contributed by atoms with Crippen LogP contribution < -0.4 is 15.2 Å². The number of nitrogens with two attached hydrogens (primary N) is 1. The number of rotatable bonds is 6. The van der Waals surface area contributed by atoms with Gasteiger partial charge in [-0.2, -0.15) is 0 Å². The van der Waals surface area contributed by atoms with Gasteiger partial charge >= 0.3 is 0 Å². The van der Waals surface area contributed by atoms with Crippen molar-refractivity contribution in [2.75, 3.05) is 14.2 Å². The van der Waals surface area contributed by atoms with E-state index in [4.69, 9.17) is 31.8 Å². The fourth-order valence-electron chi connectivity index (χ4n) is 3.98. The lowest BCUT2D eigenvalue weighted by atomic mass is 9.88. The van der Waals surface area contributed by atoms with Gasteiger partial charge in [0.25, 0.3) is 0 Å². The zero-order valence-corrected chi connectivity index (χ0v) is 19.5. The third-order valence-corrected chi connectivity index (χ3v) is 5.65. The first-order valence-corrected chi connectivity index (χ1v) is 10.9. The van der Waals surface area contributed by atoms with Crippen LogP contribution in [0.2, 0.25) is 5.02 Å². The number of benzene rings is 3. The van der Waals surface area contributed by atoms with E-state index in [1.807, 2.05) is 68.4 Å². The van der Waals surface area contributed by atoms with Crippen LogP contribution in [0, 0.1) is 0 Å². The summed E-state index contributed by atoms with van der Waals surface area (Å²) in [4.78, 5) is 4.92. The summed E-state index contributed by atoms with van der Waals surface area (Å²) < 4.78 is 11.2. The number of aromatic nitrogens is 1. The second-order valence-corrected chi connectivity index (χ2v) is 9.05. The van der Waals surface area contributed by atoms with E-state index in [2.05, 4.69) is 12.1 Å². The van der Waals surface area contributed by atoms with Crippen LogP contribution >= 0.6 is 11.6 Å².